The minimum Gasteiger partial charge on any atom is -0.497 e. The Kier molecular flexibility index (Phi) is 10.2. The third kappa shape index (κ3) is 7.35. The van der Waals surface area contributed by atoms with Gasteiger partial charge in [0, 0.05) is 26.4 Å². The molecule has 2 aromatic rings. The quantitative estimate of drug-likeness (QED) is 0.287. The molecule has 1 aliphatic heterocycles. The van der Waals surface area contributed by atoms with Crippen LogP contribution in [0, 0.1) is 0 Å². The van der Waals surface area contributed by atoms with Crippen LogP contribution >= 0.6 is 24.0 Å². The summed E-state index contributed by atoms with van der Waals surface area (Å²) in [4.78, 5) is 7.16. The Bertz CT molecular complexity index is 991. The molecule has 3 rings (SSSR count). The second kappa shape index (κ2) is 12.4. The Balaban J connectivity index is 0.00000363. The number of nitrogens with one attached hydrogen (secondary N) is 2. The lowest BCUT2D eigenvalue weighted by Crippen LogP contribution is -2.42. The average Bonchev–Trinajstić information content (AvgIpc) is 3.30. The first kappa shape index (κ1) is 26.4. The first-order chi connectivity index (χ1) is 14.9. The van der Waals surface area contributed by atoms with Gasteiger partial charge < -0.3 is 15.4 Å². The van der Waals surface area contributed by atoms with E-state index in [1.165, 1.54) is 24.7 Å². The molecule has 9 heteroatoms. The number of rotatable bonds is 8. The maximum Gasteiger partial charge on any atom is 0.191 e. The smallest absolute Gasteiger partial charge is 0.191 e. The van der Waals surface area contributed by atoms with Gasteiger partial charge in [-0.15, -0.1) is 24.0 Å². The number of halogens is 1. The van der Waals surface area contributed by atoms with Crippen molar-refractivity contribution >= 4 is 39.8 Å². The lowest BCUT2D eigenvalue weighted by atomic mass is 10.1. The van der Waals surface area contributed by atoms with E-state index in [1.807, 2.05) is 24.3 Å². The zero-order valence-corrected chi connectivity index (χ0v) is 22.0. The van der Waals surface area contributed by atoms with Crippen molar-refractivity contribution in [2.75, 3.05) is 40.0 Å². The van der Waals surface area contributed by atoms with E-state index in [9.17, 15) is 8.42 Å². The number of sulfone groups is 1. The molecule has 1 heterocycles. The molecule has 1 saturated heterocycles. The molecule has 1 fully saturated rings. The molecule has 0 aliphatic carbocycles. The van der Waals surface area contributed by atoms with E-state index >= 15 is 0 Å². The fourth-order valence-corrected chi connectivity index (χ4v) is 4.44. The van der Waals surface area contributed by atoms with Crippen molar-refractivity contribution in [3.8, 4) is 5.75 Å². The Morgan fingerprint density at radius 1 is 1.12 bits per heavy atom. The number of hydrogen-bond acceptors (Lipinski definition) is 5. The molecule has 7 nitrogen and oxygen atoms in total. The maximum atomic E-state index is 11.6. The van der Waals surface area contributed by atoms with Crippen LogP contribution in [0.3, 0.4) is 0 Å². The number of nitrogens with zero attached hydrogens (tertiary/aromatic N) is 2. The summed E-state index contributed by atoms with van der Waals surface area (Å²) in [7, 11) is 0.256. The number of benzene rings is 2. The third-order valence-corrected chi connectivity index (χ3v) is 6.69. The molecule has 0 radical (unpaired) electrons. The largest absolute Gasteiger partial charge is 0.497 e. The van der Waals surface area contributed by atoms with Gasteiger partial charge in [-0.3, -0.25) is 9.89 Å². The number of hydrogen-bond donors (Lipinski definition) is 2. The number of methoxy groups -OCH3 is 1. The first-order valence-corrected chi connectivity index (χ1v) is 12.4. The van der Waals surface area contributed by atoms with Crippen LogP contribution in [0.1, 0.15) is 30.0 Å². The van der Waals surface area contributed by atoms with Gasteiger partial charge in [0.15, 0.2) is 15.8 Å². The van der Waals surface area contributed by atoms with Crippen LogP contribution in [0.4, 0.5) is 0 Å². The molecular formula is C23H33IN4O3S. The van der Waals surface area contributed by atoms with E-state index in [0.717, 1.165) is 30.9 Å². The molecule has 32 heavy (non-hydrogen) atoms. The summed E-state index contributed by atoms with van der Waals surface area (Å²) in [6.45, 7) is 3.45. The number of ether oxygens (including phenoxy) is 1. The van der Waals surface area contributed by atoms with Gasteiger partial charge >= 0.3 is 0 Å². The monoisotopic (exact) mass is 572 g/mol. The highest BCUT2D eigenvalue weighted by Gasteiger charge is 2.24. The van der Waals surface area contributed by atoms with Crippen molar-refractivity contribution in [3.05, 3.63) is 59.7 Å². The molecule has 0 saturated carbocycles. The van der Waals surface area contributed by atoms with Crippen molar-refractivity contribution in [2.24, 2.45) is 4.99 Å². The molecule has 2 aromatic carbocycles. The SMILES string of the molecule is CN=C(NCc1ccc(S(C)(=O)=O)cc1)NCC(c1cccc(OC)c1)N1CCCC1.I. The molecule has 176 valence electrons. The molecular weight excluding hydrogens is 539 g/mol. The van der Waals surface area contributed by atoms with Gasteiger partial charge in [0.25, 0.3) is 0 Å². The summed E-state index contributed by atoms with van der Waals surface area (Å²) in [6.07, 6.45) is 3.65. The normalized spacial score (nSPS) is 15.7. The van der Waals surface area contributed by atoms with Crippen molar-refractivity contribution in [3.63, 3.8) is 0 Å². The predicted octanol–water partition coefficient (Wildman–Crippen LogP) is 3.22. The van der Waals surface area contributed by atoms with Gasteiger partial charge in [-0.1, -0.05) is 24.3 Å². The van der Waals surface area contributed by atoms with Gasteiger partial charge in [0.05, 0.1) is 18.0 Å². The van der Waals surface area contributed by atoms with E-state index < -0.39 is 9.84 Å². The zero-order valence-electron chi connectivity index (χ0n) is 18.9. The van der Waals surface area contributed by atoms with Crippen LogP contribution in [0.15, 0.2) is 58.4 Å². The van der Waals surface area contributed by atoms with Gasteiger partial charge in [-0.2, -0.15) is 0 Å². The molecule has 1 aliphatic rings. The predicted molar refractivity (Wildman–Crippen MR) is 140 cm³/mol. The van der Waals surface area contributed by atoms with Gasteiger partial charge in [-0.05, 0) is 61.3 Å². The summed E-state index contributed by atoms with van der Waals surface area (Å²) in [5.41, 5.74) is 2.21. The van der Waals surface area contributed by atoms with E-state index in [-0.39, 0.29) is 30.0 Å². The Morgan fingerprint density at radius 3 is 2.41 bits per heavy atom. The van der Waals surface area contributed by atoms with Crippen LogP contribution in [-0.2, 0) is 16.4 Å². The highest BCUT2D eigenvalue weighted by Crippen LogP contribution is 2.27. The Hall–Kier alpha value is -1.85. The third-order valence-electron chi connectivity index (χ3n) is 5.56. The van der Waals surface area contributed by atoms with E-state index in [0.29, 0.717) is 17.4 Å². The maximum absolute atomic E-state index is 11.6. The van der Waals surface area contributed by atoms with Crippen molar-refractivity contribution in [1.82, 2.24) is 15.5 Å². The minimum atomic E-state index is -3.18. The highest BCUT2D eigenvalue weighted by atomic mass is 127. The van der Waals surface area contributed by atoms with E-state index in [1.54, 1.807) is 26.3 Å². The minimum absolute atomic E-state index is 0. The molecule has 1 unspecified atom stereocenters. The van der Waals surface area contributed by atoms with Crippen molar-refractivity contribution < 1.29 is 13.2 Å². The fourth-order valence-electron chi connectivity index (χ4n) is 3.81. The zero-order chi connectivity index (χ0) is 22.3. The van der Waals surface area contributed by atoms with Crippen molar-refractivity contribution in [1.29, 1.82) is 0 Å². The van der Waals surface area contributed by atoms with E-state index in [2.05, 4.69) is 32.7 Å². The second-order valence-corrected chi connectivity index (χ2v) is 9.77. The number of aliphatic imine (C=N–C) groups is 1. The molecule has 0 aromatic heterocycles. The topological polar surface area (TPSA) is 83.0 Å². The van der Waals surface area contributed by atoms with Crippen molar-refractivity contribution in [2.45, 2.75) is 30.3 Å². The van der Waals surface area contributed by atoms with Crippen LogP contribution in [-0.4, -0.2) is 59.3 Å². The Labute approximate surface area is 208 Å². The average molecular weight is 573 g/mol. The van der Waals surface area contributed by atoms with Crippen LogP contribution in [0.25, 0.3) is 0 Å². The lowest BCUT2D eigenvalue weighted by Gasteiger charge is -2.29. The molecule has 0 bridgehead atoms. The number of likely N-dealkylation sites (tertiary alicyclic amines) is 1. The Morgan fingerprint density at radius 2 is 1.81 bits per heavy atom. The number of guanidine groups is 1. The van der Waals surface area contributed by atoms with Gasteiger partial charge in [0.2, 0.25) is 0 Å². The summed E-state index contributed by atoms with van der Waals surface area (Å²) < 4.78 is 28.6. The van der Waals surface area contributed by atoms with Gasteiger partial charge in [0.1, 0.15) is 5.75 Å². The summed E-state index contributed by atoms with van der Waals surface area (Å²) in [5, 5.41) is 6.76. The van der Waals surface area contributed by atoms with Gasteiger partial charge in [-0.25, -0.2) is 8.42 Å². The lowest BCUT2D eigenvalue weighted by molar-refractivity contribution is 0.245. The highest BCUT2D eigenvalue weighted by molar-refractivity contribution is 14.0. The molecule has 1 atom stereocenters. The second-order valence-electron chi connectivity index (χ2n) is 7.76. The summed E-state index contributed by atoms with van der Waals surface area (Å²) in [6, 6.07) is 15.4. The fraction of sp³-hybridized carbons (Fsp3) is 0.435. The first-order valence-electron chi connectivity index (χ1n) is 10.5. The summed E-state index contributed by atoms with van der Waals surface area (Å²) >= 11 is 0. The molecule has 2 N–H and O–H groups in total. The van der Waals surface area contributed by atoms with E-state index in [4.69, 9.17) is 4.74 Å². The van der Waals surface area contributed by atoms with Crippen LogP contribution < -0.4 is 15.4 Å². The standard InChI is InChI=1S/C23H32N4O3S.HI/c1-24-23(25-16-18-9-11-21(12-10-18)31(3,28)29)26-17-22(27-13-4-5-14-27)19-7-6-8-20(15-19)30-2;/h6-12,15,22H,4-5,13-14,16-17H2,1-3H3,(H2,24,25,26);1H. The molecule has 0 amide bonds. The van der Waals surface area contributed by atoms with Crippen LogP contribution in [0.5, 0.6) is 5.75 Å². The molecule has 0 spiro atoms. The van der Waals surface area contributed by atoms with Crippen LogP contribution in [0.2, 0.25) is 0 Å². The summed E-state index contributed by atoms with van der Waals surface area (Å²) in [5.74, 6) is 1.57.